The van der Waals surface area contributed by atoms with Gasteiger partial charge in [-0.3, -0.25) is 0 Å². The van der Waals surface area contributed by atoms with Gasteiger partial charge in [-0.05, 0) is 58.2 Å². The van der Waals surface area contributed by atoms with E-state index in [1.807, 2.05) is 6.92 Å². The van der Waals surface area contributed by atoms with E-state index in [-0.39, 0.29) is 5.56 Å². The molecule has 2 aromatic rings. The van der Waals surface area contributed by atoms with Crippen molar-refractivity contribution < 1.29 is 13.5 Å². The summed E-state index contributed by atoms with van der Waals surface area (Å²) in [6, 6.07) is 8.13. The number of halogens is 3. The molecule has 0 fully saturated rings. The van der Waals surface area contributed by atoms with Crippen LogP contribution in [-0.2, 0) is 6.42 Å². The Balaban J connectivity index is 2.29. The van der Waals surface area contributed by atoms with Crippen LogP contribution in [0.1, 0.15) is 24.5 Å². The van der Waals surface area contributed by atoms with Crippen LogP contribution in [0.5, 0.6) is 11.6 Å². The maximum atomic E-state index is 12.8. The highest BCUT2D eigenvalue weighted by molar-refractivity contribution is 9.10. The van der Waals surface area contributed by atoms with Crippen LogP contribution in [0.3, 0.4) is 0 Å². The fourth-order valence-corrected chi connectivity index (χ4v) is 2.06. The van der Waals surface area contributed by atoms with E-state index in [1.54, 1.807) is 24.4 Å². The van der Waals surface area contributed by atoms with Gasteiger partial charge in [0.2, 0.25) is 5.88 Å². The molecule has 0 radical (unpaired) electrons. The van der Waals surface area contributed by atoms with E-state index >= 15 is 0 Å². The van der Waals surface area contributed by atoms with Gasteiger partial charge in [0.05, 0.1) is 4.47 Å². The van der Waals surface area contributed by atoms with E-state index in [1.165, 1.54) is 12.1 Å². The monoisotopic (exact) mass is 327 g/mol. The van der Waals surface area contributed by atoms with Crippen molar-refractivity contribution >= 4 is 15.9 Å². The second-order valence-corrected chi connectivity index (χ2v) is 4.76. The molecule has 0 bridgehead atoms. The molecule has 19 heavy (non-hydrogen) atoms. The van der Waals surface area contributed by atoms with Crippen LogP contribution in [0, 0.1) is 0 Å². The molecule has 0 atom stereocenters. The Morgan fingerprint density at radius 2 is 2.11 bits per heavy atom. The zero-order chi connectivity index (χ0) is 13.8. The van der Waals surface area contributed by atoms with Crippen LogP contribution in [0.25, 0.3) is 0 Å². The van der Waals surface area contributed by atoms with Crippen molar-refractivity contribution in [3.8, 4) is 11.6 Å². The Kier molecular flexibility index (Phi) is 4.47. The van der Waals surface area contributed by atoms with Crippen molar-refractivity contribution in [3.05, 3.63) is 52.1 Å². The van der Waals surface area contributed by atoms with Crippen molar-refractivity contribution in [3.63, 3.8) is 0 Å². The number of nitrogens with zero attached hydrogens (tertiary/aromatic N) is 1. The fraction of sp³-hybridized carbons (Fsp3) is 0.214. The van der Waals surface area contributed by atoms with Crippen LogP contribution in [0.2, 0.25) is 0 Å². The fourth-order valence-electron chi connectivity index (χ4n) is 1.72. The first kappa shape index (κ1) is 13.9. The maximum Gasteiger partial charge on any atom is 0.264 e. The lowest BCUT2D eigenvalue weighted by molar-refractivity contribution is 0.150. The molecule has 0 aliphatic rings. The first-order valence-corrected chi connectivity index (χ1v) is 6.60. The molecular weight excluding hydrogens is 316 g/mol. The maximum absolute atomic E-state index is 12.8. The van der Waals surface area contributed by atoms with Crippen LogP contribution in [-0.4, -0.2) is 4.98 Å². The van der Waals surface area contributed by atoms with Gasteiger partial charge >= 0.3 is 0 Å². The Morgan fingerprint density at radius 3 is 2.74 bits per heavy atom. The first-order chi connectivity index (χ1) is 9.11. The average Bonchev–Trinajstić information content (AvgIpc) is 2.41. The lowest BCUT2D eigenvalue weighted by Crippen LogP contribution is -1.95. The van der Waals surface area contributed by atoms with Crippen LogP contribution >= 0.6 is 15.9 Å². The molecule has 5 heteroatoms. The molecule has 0 spiro atoms. The van der Waals surface area contributed by atoms with E-state index in [0.717, 1.165) is 0 Å². The number of aryl methyl sites for hydroxylation is 1. The van der Waals surface area contributed by atoms with Crippen LogP contribution < -0.4 is 4.74 Å². The molecule has 0 N–H and O–H groups in total. The summed E-state index contributed by atoms with van der Waals surface area (Å²) in [4.78, 5) is 4.07. The minimum atomic E-state index is -2.47. The Hall–Kier alpha value is -1.49. The van der Waals surface area contributed by atoms with Gasteiger partial charge in [0, 0.05) is 11.8 Å². The van der Waals surface area contributed by atoms with Crippen LogP contribution in [0.4, 0.5) is 8.78 Å². The molecule has 0 saturated carbocycles. The molecule has 0 amide bonds. The minimum absolute atomic E-state index is 0.0509. The van der Waals surface area contributed by atoms with Crippen LogP contribution in [0.15, 0.2) is 41.0 Å². The van der Waals surface area contributed by atoms with Gasteiger partial charge in [-0.25, -0.2) is 13.8 Å². The summed E-state index contributed by atoms with van der Waals surface area (Å²) in [5.74, 6) is 0.912. The first-order valence-electron chi connectivity index (χ1n) is 5.81. The molecule has 1 aromatic heterocycles. The van der Waals surface area contributed by atoms with Gasteiger partial charge in [-0.15, -0.1) is 0 Å². The van der Waals surface area contributed by atoms with Crippen molar-refractivity contribution in [2.24, 2.45) is 0 Å². The summed E-state index contributed by atoms with van der Waals surface area (Å²) in [5.41, 5.74) is 0.634. The van der Waals surface area contributed by atoms with E-state index < -0.39 is 6.43 Å². The molecular formula is C14H12BrF2NO. The van der Waals surface area contributed by atoms with E-state index in [4.69, 9.17) is 4.74 Å². The molecule has 2 nitrogen and oxygen atoms in total. The Bertz CT molecular complexity index is 575. The largest absolute Gasteiger partial charge is 0.438 e. The van der Waals surface area contributed by atoms with Crippen molar-refractivity contribution in [2.75, 3.05) is 0 Å². The number of ether oxygens (including phenoxy) is 1. The summed E-state index contributed by atoms with van der Waals surface area (Å²) in [5, 5.41) is 0. The highest BCUT2D eigenvalue weighted by Gasteiger charge is 2.13. The molecule has 100 valence electrons. The molecule has 1 aromatic carbocycles. The van der Waals surface area contributed by atoms with E-state index in [2.05, 4.69) is 20.9 Å². The predicted molar refractivity (Wildman–Crippen MR) is 72.8 cm³/mol. The lowest BCUT2D eigenvalue weighted by atomic mass is 10.1. The molecule has 0 aliphatic heterocycles. The number of alkyl halides is 2. The van der Waals surface area contributed by atoms with Gasteiger partial charge in [0.25, 0.3) is 6.43 Å². The quantitative estimate of drug-likeness (QED) is 0.776. The lowest BCUT2D eigenvalue weighted by Gasteiger charge is -2.11. The summed E-state index contributed by atoms with van der Waals surface area (Å²) >= 11 is 3.32. The number of aromatic nitrogens is 1. The second-order valence-electron chi connectivity index (χ2n) is 3.91. The van der Waals surface area contributed by atoms with Crippen molar-refractivity contribution in [1.29, 1.82) is 0 Å². The standard InChI is InChI=1S/C14H12BrF2NO/c1-2-9-8-10(5-6-11(9)13(16)17)19-14-12(15)4-3-7-18-14/h3-8,13H,2H2,1H3. The summed E-state index contributed by atoms with van der Waals surface area (Å²) < 4.78 is 31.9. The average molecular weight is 328 g/mol. The minimum Gasteiger partial charge on any atom is -0.438 e. The van der Waals surface area contributed by atoms with Gasteiger partial charge < -0.3 is 4.74 Å². The normalized spacial score (nSPS) is 10.8. The number of hydrogen-bond donors (Lipinski definition) is 0. The SMILES string of the molecule is CCc1cc(Oc2ncccc2Br)ccc1C(F)F. The zero-order valence-electron chi connectivity index (χ0n) is 10.2. The zero-order valence-corrected chi connectivity index (χ0v) is 11.8. The molecule has 1 heterocycles. The van der Waals surface area contributed by atoms with E-state index in [9.17, 15) is 8.78 Å². The van der Waals surface area contributed by atoms with Gasteiger partial charge in [0.15, 0.2) is 0 Å². The third-order valence-corrected chi connectivity index (χ3v) is 3.27. The molecule has 0 unspecified atom stereocenters. The number of benzene rings is 1. The van der Waals surface area contributed by atoms with Gasteiger partial charge in [-0.2, -0.15) is 0 Å². The van der Waals surface area contributed by atoms with E-state index in [0.29, 0.717) is 28.1 Å². The second kappa shape index (κ2) is 6.10. The number of rotatable bonds is 4. The predicted octanol–water partition coefficient (Wildman–Crippen LogP) is 5.14. The highest BCUT2D eigenvalue weighted by Crippen LogP contribution is 2.31. The number of pyridine rings is 1. The number of hydrogen-bond acceptors (Lipinski definition) is 2. The molecule has 0 saturated heterocycles. The molecule has 0 aliphatic carbocycles. The van der Waals surface area contributed by atoms with Gasteiger partial charge in [0.1, 0.15) is 5.75 Å². The summed E-state index contributed by atoms with van der Waals surface area (Å²) in [6.45, 7) is 1.83. The Labute approximate surface area is 118 Å². The third-order valence-electron chi connectivity index (χ3n) is 2.67. The smallest absolute Gasteiger partial charge is 0.264 e. The summed E-state index contributed by atoms with van der Waals surface area (Å²) in [6.07, 6.45) is -0.334. The molecule has 2 rings (SSSR count). The topological polar surface area (TPSA) is 22.1 Å². The highest BCUT2D eigenvalue weighted by atomic mass is 79.9. The van der Waals surface area contributed by atoms with Crippen molar-refractivity contribution in [2.45, 2.75) is 19.8 Å². The van der Waals surface area contributed by atoms with Gasteiger partial charge in [-0.1, -0.05) is 6.92 Å². The summed E-state index contributed by atoms with van der Waals surface area (Å²) in [7, 11) is 0. The van der Waals surface area contributed by atoms with Crippen molar-refractivity contribution in [1.82, 2.24) is 4.98 Å². The third kappa shape index (κ3) is 3.29. The Morgan fingerprint density at radius 1 is 1.32 bits per heavy atom.